The van der Waals surface area contributed by atoms with E-state index in [1.807, 2.05) is 30.3 Å². The van der Waals surface area contributed by atoms with E-state index in [0.717, 1.165) is 12.2 Å². The summed E-state index contributed by atoms with van der Waals surface area (Å²) in [5, 5.41) is 2.85. The molecule has 25 heavy (non-hydrogen) atoms. The first-order valence-electron chi connectivity index (χ1n) is 8.52. The highest BCUT2D eigenvalue weighted by Gasteiger charge is 2.27. The van der Waals surface area contributed by atoms with Crippen molar-refractivity contribution in [3.63, 3.8) is 0 Å². The number of fused-ring (bicyclic) bond motifs is 1. The van der Waals surface area contributed by atoms with Crippen LogP contribution in [0.15, 0.2) is 42.6 Å². The molecule has 1 aromatic heterocycles. The highest BCUT2D eigenvalue weighted by Crippen LogP contribution is 2.31. The Bertz CT molecular complexity index is 743. The molecule has 0 spiro atoms. The molecule has 0 radical (unpaired) electrons. The van der Waals surface area contributed by atoms with Crippen LogP contribution in [0.4, 0.5) is 0 Å². The molecule has 0 unspecified atom stereocenters. The predicted octanol–water partition coefficient (Wildman–Crippen LogP) is 2.33. The van der Waals surface area contributed by atoms with Crippen molar-refractivity contribution in [1.29, 1.82) is 0 Å². The van der Waals surface area contributed by atoms with E-state index in [4.69, 9.17) is 14.2 Å². The minimum absolute atomic E-state index is 0.203. The number of nitrogens with one attached hydrogen (secondary N) is 1. The third-order valence-corrected chi connectivity index (χ3v) is 4.23. The van der Waals surface area contributed by atoms with Crippen molar-refractivity contribution < 1.29 is 19.0 Å². The van der Waals surface area contributed by atoms with Gasteiger partial charge in [0, 0.05) is 18.8 Å². The highest BCUT2D eigenvalue weighted by molar-refractivity contribution is 5.81. The molecule has 130 valence electrons. The summed E-state index contributed by atoms with van der Waals surface area (Å²) >= 11 is 0. The minimum atomic E-state index is -0.649. The van der Waals surface area contributed by atoms with Crippen LogP contribution in [0.3, 0.4) is 0 Å². The van der Waals surface area contributed by atoms with Gasteiger partial charge in [-0.25, -0.2) is 4.98 Å². The van der Waals surface area contributed by atoms with Crippen LogP contribution in [0.2, 0.25) is 0 Å². The first-order chi connectivity index (χ1) is 12.3. The summed E-state index contributed by atoms with van der Waals surface area (Å²) in [6, 6.07) is 11.1. The lowest BCUT2D eigenvalue weighted by Crippen LogP contribution is -2.43. The summed E-state index contributed by atoms with van der Waals surface area (Å²) in [5.41, 5.74) is 0.907. The Morgan fingerprint density at radius 2 is 2.04 bits per heavy atom. The van der Waals surface area contributed by atoms with Gasteiger partial charge in [-0.05, 0) is 36.5 Å². The smallest absolute Gasteiger partial charge is 0.264 e. The fourth-order valence-electron chi connectivity index (χ4n) is 2.54. The van der Waals surface area contributed by atoms with Crippen molar-refractivity contribution in [3.05, 3.63) is 48.2 Å². The van der Waals surface area contributed by atoms with E-state index >= 15 is 0 Å². The zero-order valence-corrected chi connectivity index (χ0v) is 13.8. The first kappa shape index (κ1) is 15.7. The molecule has 1 N–H and O–H groups in total. The molecule has 4 rings (SSSR count). The van der Waals surface area contributed by atoms with Crippen LogP contribution in [0.5, 0.6) is 17.4 Å². The second kappa shape index (κ2) is 7.01. The molecule has 1 aromatic carbocycles. The fraction of sp³-hybridized carbons (Fsp3) is 0.368. The normalized spacial score (nSPS) is 18.5. The number of ether oxygens (including phenoxy) is 3. The van der Waals surface area contributed by atoms with Gasteiger partial charge in [0.15, 0.2) is 11.5 Å². The average molecular weight is 340 g/mol. The number of carbonyl (C=O) groups excluding carboxylic acids is 1. The standard InChI is InChI=1S/C19H20N2O4/c22-19(17-12-23-15-3-1-2-4-16(15)25-17)21-10-14-7-8-18(20-9-14)24-11-13-5-6-13/h1-4,7-9,13,17H,5-6,10-12H2,(H,21,22)/t17-/m1/s1. The largest absolute Gasteiger partial charge is 0.485 e. The Kier molecular flexibility index (Phi) is 4.41. The van der Waals surface area contributed by atoms with E-state index in [0.29, 0.717) is 29.8 Å². The summed E-state index contributed by atoms with van der Waals surface area (Å²) < 4.78 is 16.9. The van der Waals surface area contributed by atoms with Crippen LogP contribution in [-0.4, -0.2) is 30.2 Å². The quantitative estimate of drug-likeness (QED) is 0.874. The molecule has 1 saturated carbocycles. The number of hydrogen-bond acceptors (Lipinski definition) is 5. The third-order valence-electron chi connectivity index (χ3n) is 4.23. The molecule has 6 heteroatoms. The number of benzene rings is 1. The summed E-state index contributed by atoms with van der Waals surface area (Å²) in [7, 11) is 0. The number of pyridine rings is 1. The van der Waals surface area contributed by atoms with Gasteiger partial charge in [0.2, 0.25) is 12.0 Å². The summed E-state index contributed by atoms with van der Waals surface area (Å²) in [6.45, 7) is 1.33. The minimum Gasteiger partial charge on any atom is -0.485 e. The zero-order chi connectivity index (χ0) is 17.1. The van der Waals surface area contributed by atoms with E-state index in [2.05, 4.69) is 10.3 Å². The molecule has 6 nitrogen and oxygen atoms in total. The lowest BCUT2D eigenvalue weighted by molar-refractivity contribution is -0.130. The first-order valence-corrected chi connectivity index (χ1v) is 8.52. The van der Waals surface area contributed by atoms with E-state index in [9.17, 15) is 4.79 Å². The van der Waals surface area contributed by atoms with Gasteiger partial charge in [-0.1, -0.05) is 18.2 Å². The maximum atomic E-state index is 12.3. The van der Waals surface area contributed by atoms with Crippen molar-refractivity contribution >= 4 is 5.91 Å². The highest BCUT2D eigenvalue weighted by atomic mass is 16.6. The Hall–Kier alpha value is -2.76. The van der Waals surface area contributed by atoms with Crippen LogP contribution in [0.25, 0.3) is 0 Å². The number of nitrogens with zero attached hydrogens (tertiary/aromatic N) is 1. The number of para-hydroxylation sites is 2. The van der Waals surface area contributed by atoms with Crippen molar-refractivity contribution in [2.45, 2.75) is 25.5 Å². The van der Waals surface area contributed by atoms with Gasteiger partial charge in [0.25, 0.3) is 5.91 Å². The molecule has 2 aromatic rings. The monoisotopic (exact) mass is 340 g/mol. The van der Waals surface area contributed by atoms with E-state index in [-0.39, 0.29) is 12.5 Å². The molecule has 1 fully saturated rings. The lowest BCUT2D eigenvalue weighted by Gasteiger charge is -2.25. The van der Waals surface area contributed by atoms with Crippen molar-refractivity contribution in [2.75, 3.05) is 13.2 Å². The second-order valence-corrected chi connectivity index (χ2v) is 6.34. The summed E-state index contributed by atoms with van der Waals surface area (Å²) in [6.07, 6.45) is 3.57. The van der Waals surface area contributed by atoms with Gasteiger partial charge in [-0.15, -0.1) is 0 Å². The molecule has 1 aliphatic carbocycles. The topological polar surface area (TPSA) is 69.7 Å². The van der Waals surface area contributed by atoms with Crippen LogP contribution in [0, 0.1) is 5.92 Å². The van der Waals surface area contributed by atoms with Gasteiger partial charge in [0.05, 0.1) is 6.61 Å². The number of hydrogen-bond donors (Lipinski definition) is 1. The third kappa shape index (κ3) is 4.02. The average Bonchev–Trinajstić information content (AvgIpc) is 3.49. The van der Waals surface area contributed by atoms with Crippen LogP contribution in [-0.2, 0) is 11.3 Å². The van der Waals surface area contributed by atoms with Gasteiger partial charge < -0.3 is 19.5 Å². The van der Waals surface area contributed by atoms with E-state index in [1.165, 1.54) is 12.8 Å². The number of amides is 1. The lowest BCUT2D eigenvalue weighted by atomic mass is 10.2. The van der Waals surface area contributed by atoms with Gasteiger partial charge >= 0.3 is 0 Å². The Morgan fingerprint density at radius 1 is 1.20 bits per heavy atom. The molecular formula is C19H20N2O4. The van der Waals surface area contributed by atoms with Crippen LogP contribution < -0.4 is 19.5 Å². The maximum absolute atomic E-state index is 12.3. The maximum Gasteiger partial charge on any atom is 0.264 e. The number of carbonyl (C=O) groups is 1. The second-order valence-electron chi connectivity index (χ2n) is 6.34. The van der Waals surface area contributed by atoms with Gasteiger partial charge in [-0.2, -0.15) is 0 Å². The Morgan fingerprint density at radius 3 is 2.80 bits per heavy atom. The predicted molar refractivity (Wildman–Crippen MR) is 90.7 cm³/mol. The van der Waals surface area contributed by atoms with E-state index < -0.39 is 6.10 Å². The van der Waals surface area contributed by atoms with Crippen molar-refractivity contribution in [1.82, 2.24) is 10.3 Å². The molecule has 0 saturated heterocycles. The molecule has 2 heterocycles. The number of rotatable bonds is 6. The molecular weight excluding hydrogens is 320 g/mol. The molecule has 2 aliphatic rings. The number of aromatic nitrogens is 1. The summed E-state index contributed by atoms with van der Waals surface area (Å²) in [4.78, 5) is 16.5. The van der Waals surface area contributed by atoms with E-state index in [1.54, 1.807) is 12.3 Å². The Balaban J connectivity index is 1.27. The van der Waals surface area contributed by atoms with Crippen molar-refractivity contribution in [2.24, 2.45) is 5.92 Å². The van der Waals surface area contributed by atoms with Crippen LogP contribution >= 0.6 is 0 Å². The van der Waals surface area contributed by atoms with Gasteiger partial charge in [-0.3, -0.25) is 4.79 Å². The van der Waals surface area contributed by atoms with Gasteiger partial charge in [0.1, 0.15) is 6.61 Å². The van der Waals surface area contributed by atoms with Crippen molar-refractivity contribution in [3.8, 4) is 17.4 Å². The summed E-state index contributed by atoms with van der Waals surface area (Å²) in [5.74, 6) is 2.38. The SMILES string of the molecule is O=C(NCc1ccc(OCC2CC2)nc1)[C@H]1COc2ccccc2O1. The molecule has 1 amide bonds. The fourth-order valence-corrected chi connectivity index (χ4v) is 2.54. The van der Waals surface area contributed by atoms with Crippen LogP contribution in [0.1, 0.15) is 18.4 Å². The Labute approximate surface area is 146 Å². The molecule has 0 bridgehead atoms. The zero-order valence-electron chi connectivity index (χ0n) is 13.8. The molecule has 1 atom stereocenters. The molecule has 1 aliphatic heterocycles.